The Hall–Kier alpha value is -3.35. The molecule has 0 heterocycles. The summed E-state index contributed by atoms with van der Waals surface area (Å²) in [5.41, 5.74) is 6.34. The van der Waals surface area contributed by atoms with E-state index in [9.17, 15) is 29.7 Å². The molecule has 2 rings (SSSR count). The Balaban J connectivity index is 2.04. The maximum absolute atomic E-state index is 12.7. The van der Waals surface area contributed by atoms with Crippen LogP contribution in [0.1, 0.15) is 56.8 Å². The van der Waals surface area contributed by atoms with Crippen LogP contribution >= 0.6 is 0 Å². The van der Waals surface area contributed by atoms with E-state index in [0.717, 1.165) is 24.0 Å². The third-order valence-electron chi connectivity index (χ3n) is 7.49. The van der Waals surface area contributed by atoms with Gasteiger partial charge < -0.3 is 41.2 Å². The van der Waals surface area contributed by atoms with Crippen molar-refractivity contribution in [1.29, 1.82) is 0 Å². The first kappa shape index (κ1) is 35.8. The van der Waals surface area contributed by atoms with Crippen molar-refractivity contribution in [2.75, 3.05) is 26.8 Å². The summed E-state index contributed by atoms with van der Waals surface area (Å²) in [6.45, 7) is 4.79. The highest BCUT2D eigenvalue weighted by atomic mass is 16.6. The van der Waals surface area contributed by atoms with Gasteiger partial charge in [-0.25, -0.2) is 4.79 Å². The molecule has 238 valence electrons. The van der Waals surface area contributed by atoms with Gasteiger partial charge in [0.05, 0.1) is 31.5 Å². The van der Waals surface area contributed by atoms with Crippen molar-refractivity contribution in [3.63, 3.8) is 0 Å². The van der Waals surface area contributed by atoms with Gasteiger partial charge in [-0.05, 0) is 56.0 Å². The molecule has 0 saturated carbocycles. The normalized spacial score (nSPS) is 16.2. The number of aliphatic hydroxyl groups is 3. The molecule has 0 radical (unpaired) electrons. The van der Waals surface area contributed by atoms with Gasteiger partial charge in [-0.1, -0.05) is 49.4 Å². The zero-order chi connectivity index (χ0) is 32.0. The molecule has 0 aromatic heterocycles. The molecule has 0 saturated heterocycles. The molecule has 0 aliphatic rings. The predicted molar refractivity (Wildman–Crippen MR) is 163 cm³/mol. The molecule has 2 aromatic carbocycles. The van der Waals surface area contributed by atoms with E-state index >= 15 is 0 Å². The SMILES string of the molecule is COC(=O)C(C)(CC(O)C(NC(C)=O)C(C)C(O)C(O)CNC(=O)c1ccc(-c2ccccc2)cc1)OCCCCCN. The lowest BCUT2D eigenvalue weighted by atomic mass is 9.84. The molecule has 2 aromatic rings. The summed E-state index contributed by atoms with van der Waals surface area (Å²) in [4.78, 5) is 37.3. The number of carbonyl (C=O) groups is 3. The lowest BCUT2D eigenvalue weighted by molar-refractivity contribution is -0.173. The van der Waals surface area contributed by atoms with E-state index in [1.54, 1.807) is 19.1 Å². The minimum atomic E-state index is -1.53. The van der Waals surface area contributed by atoms with Gasteiger partial charge >= 0.3 is 5.97 Å². The summed E-state index contributed by atoms with van der Waals surface area (Å²) in [5, 5.41) is 38.1. The average molecular weight is 602 g/mol. The number of hydrogen-bond donors (Lipinski definition) is 6. The molecule has 7 N–H and O–H groups in total. The van der Waals surface area contributed by atoms with Crippen molar-refractivity contribution in [1.82, 2.24) is 10.6 Å². The first-order valence-corrected chi connectivity index (χ1v) is 14.6. The number of carbonyl (C=O) groups excluding carboxylic acids is 3. The van der Waals surface area contributed by atoms with Crippen molar-refractivity contribution >= 4 is 17.8 Å². The van der Waals surface area contributed by atoms with Crippen molar-refractivity contribution < 1.29 is 39.2 Å². The molecule has 0 spiro atoms. The van der Waals surface area contributed by atoms with Crippen LogP contribution in [0.25, 0.3) is 11.1 Å². The summed E-state index contributed by atoms with van der Waals surface area (Å²) in [6, 6.07) is 15.6. The number of nitrogens with one attached hydrogen (secondary N) is 2. The molecule has 11 heteroatoms. The maximum Gasteiger partial charge on any atom is 0.337 e. The molecule has 6 atom stereocenters. The second-order valence-electron chi connectivity index (χ2n) is 11.0. The lowest BCUT2D eigenvalue weighted by Crippen LogP contribution is -2.56. The number of benzene rings is 2. The number of rotatable bonds is 18. The Labute approximate surface area is 253 Å². The molecule has 0 aliphatic heterocycles. The van der Waals surface area contributed by atoms with Crippen LogP contribution in [-0.2, 0) is 19.1 Å². The topological polar surface area (TPSA) is 180 Å². The highest BCUT2D eigenvalue weighted by Crippen LogP contribution is 2.26. The first-order chi connectivity index (χ1) is 20.4. The largest absolute Gasteiger partial charge is 0.467 e. The van der Waals surface area contributed by atoms with Crippen LogP contribution in [-0.4, -0.2) is 89.9 Å². The fourth-order valence-corrected chi connectivity index (χ4v) is 4.90. The summed E-state index contributed by atoms with van der Waals surface area (Å²) >= 11 is 0. The summed E-state index contributed by atoms with van der Waals surface area (Å²) < 4.78 is 10.7. The second kappa shape index (κ2) is 17.7. The minimum absolute atomic E-state index is 0.231. The van der Waals surface area contributed by atoms with E-state index in [4.69, 9.17) is 15.2 Å². The zero-order valence-corrected chi connectivity index (χ0v) is 25.5. The molecule has 11 nitrogen and oxygen atoms in total. The Kier molecular flexibility index (Phi) is 14.7. The third-order valence-corrected chi connectivity index (χ3v) is 7.49. The fourth-order valence-electron chi connectivity index (χ4n) is 4.90. The van der Waals surface area contributed by atoms with Gasteiger partial charge in [0.15, 0.2) is 5.60 Å². The van der Waals surface area contributed by atoms with E-state index in [-0.39, 0.29) is 19.6 Å². The lowest BCUT2D eigenvalue weighted by Gasteiger charge is -2.37. The molecule has 43 heavy (non-hydrogen) atoms. The summed E-state index contributed by atoms with van der Waals surface area (Å²) in [5.74, 6) is -2.50. The van der Waals surface area contributed by atoms with Crippen molar-refractivity contribution in [2.24, 2.45) is 11.7 Å². The molecule has 6 unspecified atom stereocenters. The fraction of sp³-hybridized carbons (Fsp3) is 0.531. The Morgan fingerprint density at radius 2 is 1.56 bits per heavy atom. The van der Waals surface area contributed by atoms with Gasteiger partial charge in [-0.3, -0.25) is 9.59 Å². The number of nitrogens with two attached hydrogens (primary N) is 1. The van der Waals surface area contributed by atoms with E-state index in [2.05, 4.69) is 10.6 Å². The van der Waals surface area contributed by atoms with E-state index in [0.29, 0.717) is 18.5 Å². The van der Waals surface area contributed by atoms with Crippen LogP contribution in [0.15, 0.2) is 54.6 Å². The summed E-state index contributed by atoms with van der Waals surface area (Å²) in [7, 11) is 1.21. The van der Waals surface area contributed by atoms with E-state index in [1.807, 2.05) is 42.5 Å². The molecular weight excluding hydrogens is 554 g/mol. The van der Waals surface area contributed by atoms with Crippen LogP contribution in [0.5, 0.6) is 0 Å². The monoisotopic (exact) mass is 601 g/mol. The standard InChI is InChI=1S/C32H47N3O8/c1-21(28(35-22(2)36)26(37)19-32(3,31(41)42-4)43-18-10-6-9-17-33)29(39)27(38)20-34-30(40)25-15-13-24(14-16-25)23-11-7-5-8-12-23/h5,7-8,11-16,21,26-29,37-39H,6,9-10,17-20,33H2,1-4H3,(H,34,40)(H,35,36). The molecule has 0 aliphatic carbocycles. The van der Waals surface area contributed by atoms with Crippen molar-refractivity contribution in [3.8, 4) is 11.1 Å². The molecule has 2 amide bonds. The van der Waals surface area contributed by atoms with Crippen LogP contribution in [0.2, 0.25) is 0 Å². The Bertz CT molecular complexity index is 1150. The Morgan fingerprint density at radius 3 is 2.14 bits per heavy atom. The van der Waals surface area contributed by atoms with Gasteiger partial charge in [-0.15, -0.1) is 0 Å². The van der Waals surface area contributed by atoms with Crippen LogP contribution in [0.3, 0.4) is 0 Å². The number of methoxy groups -OCH3 is 1. The third kappa shape index (κ3) is 11.0. The van der Waals surface area contributed by atoms with Crippen molar-refractivity contribution in [3.05, 3.63) is 60.2 Å². The number of amides is 2. The smallest absolute Gasteiger partial charge is 0.337 e. The van der Waals surface area contributed by atoms with Gasteiger partial charge in [0.25, 0.3) is 5.91 Å². The van der Waals surface area contributed by atoms with Crippen molar-refractivity contribution in [2.45, 2.75) is 76.4 Å². The highest BCUT2D eigenvalue weighted by Gasteiger charge is 2.42. The van der Waals surface area contributed by atoms with Crippen LogP contribution in [0.4, 0.5) is 0 Å². The summed E-state index contributed by atoms with van der Waals surface area (Å²) in [6.07, 6.45) is -2.20. The number of aliphatic hydroxyl groups excluding tert-OH is 3. The first-order valence-electron chi connectivity index (χ1n) is 14.6. The second-order valence-corrected chi connectivity index (χ2v) is 11.0. The van der Waals surface area contributed by atoms with Crippen LogP contribution < -0.4 is 16.4 Å². The van der Waals surface area contributed by atoms with E-state index < -0.39 is 53.7 Å². The van der Waals surface area contributed by atoms with Crippen LogP contribution in [0, 0.1) is 5.92 Å². The number of unbranched alkanes of at least 4 members (excludes halogenated alkanes) is 2. The van der Waals surface area contributed by atoms with Gasteiger partial charge in [-0.2, -0.15) is 0 Å². The highest BCUT2D eigenvalue weighted by molar-refractivity contribution is 5.94. The zero-order valence-electron chi connectivity index (χ0n) is 25.5. The van der Waals surface area contributed by atoms with Gasteiger partial charge in [0.2, 0.25) is 5.91 Å². The maximum atomic E-state index is 12.7. The number of esters is 1. The number of hydrogen-bond acceptors (Lipinski definition) is 9. The quantitative estimate of drug-likeness (QED) is 0.110. The average Bonchev–Trinajstić information content (AvgIpc) is 3.01. The molecule has 0 fully saturated rings. The van der Waals surface area contributed by atoms with Gasteiger partial charge in [0, 0.05) is 38.0 Å². The molecule has 0 bridgehead atoms. The van der Waals surface area contributed by atoms with E-state index in [1.165, 1.54) is 21.0 Å². The molecular formula is C32H47N3O8. The number of ether oxygens (including phenoxy) is 2. The minimum Gasteiger partial charge on any atom is -0.467 e. The Morgan fingerprint density at radius 1 is 0.930 bits per heavy atom. The predicted octanol–water partition coefficient (Wildman–Crippen LogP) is 1.77. The van der Waals surface area contributed by atoms with Gasteiger partial charge in [0.1, 0.15) is 0 Å².